The van der Waals surface area contributed by atoms with Gasteiger partial charge in [-0.3, -0.25) is 10.1 Å². The number of hydrogen-bond acceptors (Lipinski definition) is 5. The zero-order valence-corrected chi connectivity index (χ0v) is 11.6. The van der Waals surface area contributed by atoms with Crippen molar-refractivity contribution in [3.63, 3.8) is 0 Å². The standard InChI is InChI=1S/C11H16N2O5S/c1-9-4-5-10(13(14)15)8-11(9)19(16,17)12-6-3-7-18-2/h4-5,8,12H,3,6-7H2,1-2H3. The number of ether oxygens (including phenoxy) is 1. The van der Waals surface area contributed by atoms with Crippen molar-refractivity contribution in [2.75, 3.05) is 20.3 Å². The van der Waals surface area contributed by atoms with Crippen molar-refractivity contribution in [2.24, 2.45) is 0 Å². The van der Waals surface area contributed by atoms with Gasteiger partial charge in [0.25, 0.3) is 5.69 Å². The number of nitrogens with one attached hydrogen (secondary N) is 1. The van der Waals surface area contributed by atoms with Gasteiger partial charge in [-0.05, 0) is 18.9 Å². The van der Waals surface area contributed by atoms with E-state index in [1.54, 1.807) is 6.92 Å². The third kappa shape index (κ3) is 4.27. The van der Waals surface area contributed by atoms with Gasteiger partial charge in [-0.25, -0.2) is 13.1 Å². The number of nitrogens with zero attached hydrogens (tertiary/aromatic N) is 1. The summed E-state index contributed by atoms with van der Waals surface area (Å²) < 4.78 is 31.2. The Kier molecular flexibility index (Phi) is 5.40. The Hall–Kier alpha value is -1.51. The molecule has 0 unspecified atom stereocenters. The molecule has 1 N–H and O–H groups in total. The molecule has 1 rings (SSSR count). The summed E-state index contributed by atoms with van der Waals surface area (Å²) in [4.78, 5) is 9.97. The van der Waals surface area contributed by atoms with E-state index in [2.05, 4.69) is 4.72 Å². The van der Waals surface area contributed by atoms with Crippen molar-refractivity contribution in [1.29, 1.82) is 0 Å². The molecule has 8 heteroatoms. The van der Waals surface area contributed by atoms with Crippen molar-refractivity contribution < 1.29 is 18.1 Å². The van der Waals surface area contributed by atoms with Crippen LogP contribution >= 0.6 is 0 Å². The van der Waals surface area contributed by atoms with Gasteiger partial charge in [0, 0.05) is 32.4 Å². The lowest BCUT2D eigenvalue weighted by molar-refractivity contribution is -0.385. The average molecular weight is 288 g/mol. The molecule has 0 aromatic heterocycles. The number of nitro groups is 1. The number of aryl methyl sites for hydroxylation is 1. The van der Waals surface area contributed by atoms with Gasteiger partial charge in [0.2, 0.25) is 10.0 Å². The third-order valence-electron chi connectivity index (χ3n) is 2.49. The minimum absolute atomic E-state index is 0.0703. The second kappa shape index (κ2) is 6.60. The van der Waals surface area contributed by atoms with Gasteiger partial charge in [0.05, 0.1) is 9.82 Å². The fourth-order valence-electron chi connectivity index (χ4n) is 1.49. The molecular weight excluding hydrogens is 272 g/mol. The van der Waals surface area contributed by atoms with Crippen LogP contribution in [0.3, 0.4) is 0 Å². The maximum absolute atomic E-state index is 12.0. The first-order chi connectivity index (χ1) is 8.88. The molecule has 0 saturated heterocycles. The van der Waals surface area contributed by atoms with Gasteiger partial charge < -0.3 is 4.74 Å². The summed E-state index contributed by atoms with van der Waals surface area (Å²) in [5, 5.41) is 10.7. The maximum Gasteiger partial charge on any atom is 0.270 e. The first-order valence-corrected chi connectivity index (χ1v) is 7.10. The van der Waals surface area contributed by atoms with E-state index in [4.69, 9.17) is 4.74 Å². The number of nitro benzene ring substituents is 1. The largest absolute Gasteiger partial charge is 0.385 e. The van der Waals surface area contributed by atoms with Crippen LogP contribution in [0.5, 0.6) is 0 Å². The third-order valence-corrected chi connectivity index (χ3v) is 4.09. The van der Waals surface area contributed by atoms with Crippen molar-refractivity contribution >= 4 is 15.7 Å². The number of benzene rings is 1. The smallest absolute Gasteiger partial charge is 0.270 e. The van der Waals surface area contributed by atoms with Crippen LogP contribution in [-0.2, 0) is 14.8 Å². The molecule has 0 bridgehead atoms. The molecule has 0 atom stereocenters. The maximum atomic E-state index is 12.0. The van der Waals surface area contributed by atoms with Crippen molar-refractivity contribution in [3.05, 3.63) is 33.9 Å². The number of non-ortho nitro benzene ring substituents is 1. The molecule has 0 aliphatic heterocycles. The zero-order valence-electron chi connectivity index (χ0n) is 10.8. The lowest BCUT2D eigenvalue weighted by Gasteiger charge is -2.08. The molecule has 0 aliphatic rings. The van der Waals surface area contributed by atoms with Crippen LogP contribution in [-0.4, -0.2) is 33.6 Å². The van der Waals surface area contributed by atoms with Gasteiger partial charge in [-0.2, -0.15) is 0 Å². The van der Waals surface area contributed by atoms with Crippen LogP contribution in [0.1, 0.15) is 12.0 Å². The summed E-state index contributed by atoms with van der Waals surface area (Å²) in [6.07, 6.45) is 0.531. The van der Waals surface area contributed by atoms with Gasteiger partial charge in [0.1, 0.15) is 0 Å². The first kappa shape index (κ1) is 15.5. The number of methoxy groups -OCH3 is 1. The first-order valence-electron chi connectivity index (χ1n) is 5.62. The number of rotatable bonds is 7. The van der Waals surface area contributed by atoms with Gasteiger partial charge in [-0.1, -0.05) is 6.07 Å². The monoisotopic (exact) mass is 288 g/mol. The van der Waals surface area contributed by atoms with E-state index in [-0.39, 0.29) is 17.1 Å². The molecule has 0 aliphatic carbocycles. The van der Waals surface area contributed by atoms with E-state index in [0.29, 0.717) is 18.6 Å². The van der Waals surface area contributed by atoms with E-state index in [0.717, 1.165) is 6.07 Å². The summed E-state index contributed by atoms with van der Waals surface area (Å²) in [5.41, 5.74) is 0.215. The average Bonchev–Trinajstić information content (AvgIpc) is 2.34. The highest BCUT2D eigenvalue weighted by molar-refractivity contribution is 7.89. The molecule has 0 amide bonds. The van der Waals surface area contributed by atoms with Crippen molar-refractivity contribution in [1.82, 2.24) is 4.72 Å². The number of sulfonamides is 1. The second-order valence-electron chi connectivity index (χ2n) is 3.95. The van der Waals surface area contributed by atoms with Crippen LogP contribution in [0.2, 0.25) is 0 Å². The lowest BCUT2D eigenvalue weighted by Crippen LogP contribution is -2.26. The molecule has 0 heterocycles. The van der Waals surface area contributed by atoms with Gasteiger partial charge >= 0.3 is 0 Å². The van der Waals surface area contributed by atoms with E-state index < -0.39 is 14.9 Å². The van der Waals surface area contributed by atoms with E-state index in [1.807, 2.05) is 0 Å². The highest BCUT2D eigenvalue weighted by atomic mass is 32.2. The van der Waals surface area contributed by atoms with Gasteiger partial charge in [-0.15, -0.1) is 0 Å². The predicted octanol–water partition coefficient (Wildman–Crippen LogP) is 1.22. The predicted molar refractivity (Wildman–Crippen MR) is 69.5 cm³/mol. The molecule has 19 heavy (non-hydrogen) atoms. The highest BCUT2D eigenvalue weighted by Crippen LogP contribution is 2.21. The topological polar surface area (TPSA) is 98.5 Å². The van der Waals surface area contributed by atoms with Crippen LogP contribution in [0.25, 0.3) is 0 Å². The fourth-order valence-corrected chi connectivity index (χ4v) is 2.83. The van der Waals surface area contributed by atoms with Crippen molar-refractivity contribution in [3.8, 4) is 0 Å². The minimum atomic E-state index is -3.74. The lowest BCUT2D eigenvalue weighted by atomic mass is 10.2. The molecule has 0 radical (unpaired) electrons. The van der Waals surface area contributed by atoms with E-state index in [1.165, 1.54) is 19.2 Å². The Morgan fingerprint density at radius 3 is 2.68 bits per heavy atom. The molecule has 0 saturated carbocycles. The Labute approximate surface area is 111 Å². The van der Waals surface area contributed by atoms with Crippen LogP contribution in [0.15, 0.2) is 23.1 Å². The summed E-state index contributed by atoms with van der Waals surface area (Å²) in [6, 6.07) is 3.76. The van der Waals surface area contributed by atoms with Crippen LogP contribution in [0, 0.1) is 17.0 Å². The normalized spacial score (nSPS) is 11.5. The van der Waals surface area contributed by atoms with E-state index >= 15 is 0 Å². The van der Waals surface area contributed by atoms with Crippen molar-refractivity contribution in [2.45, 2.75) is 18.2 Å². The molecule has 1 aromatic carbocycles. The fraction of sp³-hybridized carbons (Fsp3) is 0.455. The van der Waals surface area contributed by atoms with E-state index in [9.17, 15) is 18.5 Å². The highest BCUT2D eigenvalue weighted by Gasteiger charge is 2.19. The Bertz CT molecular complexity index is 556. The minimum Gasteiger partial charge on any atom is -0.385 e. The summed E-state index contributed by atoms with van der Waals surface area (Å²) in [6.45, 7) is 2.25. The molecular formula is C11H16N2O5S. The Balaban J connectivity index is 2.94. The molecule has 106 valence electrons. The zero-order chi connectivity index (χ0) is 14.5. The molecule has 7 nitrogen and oxygen atoms in total. The summed E-state index contributed by atoms with van der Waals surface area (Å²) in [7, 11) is -2.21. The Morgan fingerprint density at radius 1 is 1.42 bits per heavy atom. The molecule has 1 aromatic rings. The quantitative estimate of drug-likeness (QED) is 0.462. The van der Waals surface area contributed by atoms with Gasteiger partial charge in [0.15, 0.2) is 0 Å². The van der Waals surface area contributed by atoms with Crippen LogP contribution in [0.4, 0.5) is 5.69 Å². The SMILES string of the molecule is COCCCNS(=O)(=O)c1cc([N+](=O)[O-])ccc1C. The van der Waals surface area contributed by atoms with Crippen LogP contribution < -0.4 is 4.72 Å². The number of hydrogen-bond donors (Lipinski definition) is 1. The summed E-state index contributed by atoms with van der Waals surface area (Å²) in [5.74, 6) is 0. The molecule has 0 spiro atoms. The summed E-state index contributed by atoms with van der Waals surface area (Å²) >= 11 is 0. The second-order valence-corrected chi connectivity index (χ2v) is 5.69. The Morgan fingerprint density at radius 2 is 2.11 bits per heavy atom. The molecule has 0 fully saturated rings.